The normalized spacial score (nSPS) is 11.7. The van der Waals surface area contributed by atoms with E-state index in [0.717, 1.165) is 31.8 Å². The van der Waals surface area contributed by atoms with Crippen molar-refractivity contribution >= 4 is 43.2 Å². The Kier molecular flexibility index (Phi) is 5.26. The van der Waals surface area contributed by atoms with E-state index < -0.39 is 0 Å². The van der Waals surface area contributed by atoms with Gasteiger partial charge < -0.3 is 4.74 Å². The molecule has 0 N–H and O–H groups in total. The zero-order valence-electron chi connectivity index (χ0n) is 11.7. The van der Waals surface area contributed by atoms with Crippen molar-refractivity contribution in [2.45, 2.75) is 38.1 Å². The van der Waals surface area contributed by atoms with Crippen molar-refractivity contribution in [2.24, 2.45) is 0 Å². The maximum atomic E-state index is 5.89. The molecule has 0 aliphatic rings. The standard InChI is InChI=1S/C15H17Br2NOS/c1-15(2,3)13-9-20-14(18-13)8-19-12-5-4-11(17)6-10(12)7-16/h4-6,9H,7-8H2,1-3H3. The number of alkyl halides is 1. The molecule has 1 heterocycles. The summed E-state index contributed by atoms with van der Waals surface area (Å²) in [6.45, 7) is 7.03. The van der Waals surface area contributed by atoms with Crippen molar-refractivity contribution < 1.29 is 4.74 Å². The highest BCUT2D eigenvalue weighted by atomic mass is 79.9. The van der Waals surface area contributed by atoms with Crippen molar-refractivity contribution in [3.05, 3.63) is 44.3 Å². The Bertz CT molecular complexity index is 590. The molecule has 0 unspecified atom stereocenters. The maximum absolute atomic E-state index is 5.89. The van der Waals surface area contributed by atoms with Crippen molar-refractivity contribution in [2.75, 3.05) is 0 Å². The third kappa shape index (κ3) is 4.06. The van der Waals surface area contributed by atoms with Gasteiger partial charge in [0, 0.05) is 26.2 Å². The zero-order chi connectivity index (χ0) is 14.8. The monoisotopic (exact) mass is 417 g/mol. The van der Waals surface area contributed by atoms with Gasteiger partial charge in [-0.25, -0.2) is 4.98 Å². The van der Waals surface area contributed by atoms with Crippen LogP contribution in [0, 0.1) is 0 Å². The average molecular weight is 419 g/mol. The molecule has 2 aromatic rings. The van der Waals surface area contributed by atoms with Crippen LogP contribution < -0.4 is 4.74 Å². The summed E-state index contributed by atoms with van der Waals surface area (Å²) in [7, 11) is 0. The minimum Gasteiger partial charge on any atom is -0.486 e. The van der Waals surface area contributed by atoms with Crippen LogP contribution in [0.25, 0.3) is 0 Å². The maximum Gasteiger partial charge on any atom is 0.140 e. The number of hydrogen-bond donors (Lipinski definition) is 0. The lowest BCUT2D eigenvalue weighted by Gasteiger charge is -2.14. The van der Waals surface area contributed by atoms with Gasteiger partial charge in [-0.05, 0) is 18.2 Å². The summed E-state index contributed by atoms with van der Waals surface area (Å²) in [5, 5.41) is 3.90. The lowest BCUT2D eigenvalue weighted by atomic mass is 9.93. The Labute approximate surface area is 140 Å². The lowest BCUT2D eigenvalue weighted by Crippen LogP contribution is -2.11. The first-order valence-corrected chi connectivity index (χ1v) is 9.11. The van der Waals surface area contributed by atoms with Crippen LogP contribution in [0.5, 0.6) is 5.75 Å². The highest BCUT2D eigenvalue weighted by Crippen LogP contribution is 2.28. The van der Waals surface area contributed by atoms with Crippen LogP contribution >= 0.6 is 43.2 Å². The van der Waals surface area contributed by atoms with Crippen LogP contribution in [0.1, 0.15) is 37.0 Å². The number of rotatable bonds is 4. The predicted octanol–water partition coefficient (Wildman–Crippen LogP) is 5.68. The number of thiazole rings is 1. The molecule has 0 amide bonds. The number of halogens is 2. The first-order chi connectivity index (χ1) is 9.40. The van der Waals surface area contributed by atoms with Crippen LogP contribution in [0.2, 0.25) is 0 Å². The molecule has 1 aromatic heterocycles. The number of aromatic nitrogens is 1. The summed E-state index contributed by atoms with van der Waals surface area (Å²) in [4.78, 5) is 4.64. The summed E-state index contributed by atoms with van der Waals surface area (Å²) in [5.74, 6) is 0.901. The van der Waals surface area contributed by atoms with Crippen molar-refractivity contribution in [3.63, 3.8) is 0 Å². The second kappa shape index (κ2) is 6.58. The Morgan fingerprint density at radius 3 is 2.65 bits per heavy atom. The third-order valence-corrected chi connectivity index (χ3v) is 4.76. The first kappa shape index (κ1) is 16.0. The Balaban J connectivity index is 2.07. The molecule has 108 valence electrons. The summed E-state index contributed by atoms with van der Waals surface area (Å²) < 4.78 is 6.95. The molecule has 0 atom stereocenters. The van der Waals surface area contributed by atoms with Gasteiger partial charge in [0.1, 0.15) is 17.4 Å². The van der Waals surface area contributed by atoms with E-state index in [0.29, 0.717) is 6.61 Å². The predicted molar refractivity (Wildman–Crippen MR) is 91.9 cm³/mol. The molecule has 0 saturated carbocycles. The Morgan fingerprint density at radius 1 is 1.30 bits per heavy atom. The smallest absolute Gasteiger partial charge is 0.140 e. The SMILES string of the molecule is CC(C)(C)c1csc(COc2ccc(Br)cc2CBr)n1. The molecule has 5 heteroatoms. The van der Waals surface area contributed by atoms with E-state index >= 15 is 0 Å². The first-order valence-electron chi connectivity index (χ1n) is 6.32. The molecular formula is C15H17Br2NOS. The van der Waals surface area contributed by atoms with E-state index in [-0.39, 0.29) is 5.41 Å². The zero-order valence-corrected chi connectivity index (χ0v) is 15.7. The van der Waals surface area contributed by atoms with E-state index in [9.17, 15) is 0 Å². The fraction of sp³-hybridized carbons (Fsp3) is 0.400. The van der Waals surface area contributed by atoms with Gasteiger partial charge in [0.05, 0.1) is 5.69 Å². The molecule has 2 nitrogen and oxygen atoms in total. The van der Waals surface area contributed by atoms with Crippen LogP contribution in [0.3, 0.4) is 0 Å². The third-order valence-electron chi connectivity index (χ3n) is 2.84. The largest absolute Gasteiger partial charge is 0.486 e. The second-order valence-electron chi connectivity index (χ2n) is 5.55. The molecule has 0 saturated heterocycles. The number of nitrogens with zero attached hydrogens (tertiary/aromatic N) is 1. The molecule has 20 heavy (non-hydrogen) atoms. The van der Waals surface area contributed by atoms with Crippen molar-refractivity contribution in [1.82, 2.24) is 4.98 Å². The van der Waals surface area contributed by atoms with Gasteiger partial charge in [-0.2, -0.15) is 0 Å². The minimum atomic E-state index is 0.0907. The van der Waals surface area contributed by atoms with E-state index in [2.05, 4.69) is 69.1 Å². The van der Waals surface area contributed by atoms with Gasteiger partial charge in [-0.3, -0.25) is 0 Å². The van der Waals surface area contributed by atoms with Gasteiger partial charge in [-0.1, -0.05) is 52.6 Å². The lowest BCUT2D eigenvalue weighted by molar-refractivity contribution is 0.302. The van der Waals surface area contributed by atoms with Crippen LogP contribution in [-0.4, -0.2) is 4.98 Å². The molecule has 0 bridgehead atoms. The fourth-order valence-electron chi connectivity index (χ4n) is 1.65. The topological polar surface area (TPSA) is 22.1 Å². The summed E-state index contributed by atoms with van der Waals surface area (Å²) >= 11 is 8.61. The Hall–Kier alpha value is -0.390. The van der Waals surface area contributed by atoms with E-state index in [1.165, 1.54) is 0 Å². The van der Waals surface area contributed by atoms with Crippen LogP contribution in [0.4, 0.5) is 0 Å². The second-order valence-corrected chi connectivity index (χ2v) is 7.97. The molecular weight excluding hydrogens is 402 g/mol. The van der Waals surface area contributed by atoms with Crippen LogP contribution in [0.15, 0.2) is 28.1 Å². The van der Waals surface area contributed by atoms with Gasteiger partial charge >= 0.3 is 0 Å². The minimum absolute atomic E-state index is 0.0907. The van der Waals surface area contributed by atoms with Gasteiger partial charge in [0.25, 0.3) is 0 Å². The highest BCUT2D eigenvalue weighted by Gasteiger charge is 2.17. The molecule has 2 rings (SSSR count). The summed E-state index contributed by atoms with van der Waals surface area (Å²) in [6, 6.07) is 6.04. The summed E-state index contributed by atoms with van der Waals surface area (Å²) in [5.41, 5.74) is 2.34. The van der Waals surface area contributed by atoms with Gasteiger partial charge in [-0.15, -0.1) is 11.3 Å². The quantitative estimate of drug-likeness (QED) is 0.596. The highest BCUT2D eigenvalue weighted by molar-refractivity contribution is 9.10. The van der Waals surface area contributed by atoms with E-state index in [4.69, 9.17) is 4.74 Å². The number of benzene rings is 1. The van der Waals surface area contributed by atoms with E-state index in [1.54, 1.807) is 11.3 Å². The molecule has 0 aliphatic carbocycles. The van der Waals surface area contributed by atoms with Gasteiger partial charge in [0.15, 0.2) is 0 Å². The number of hydrogen-bond acceptors (Lipinski definition) is 3. The van der Waals surface area contributed by atoms with Crippen molar-refractivity contribution in [3.8, 4) is 5.75 Å². The number of ether oxygens (including phenoxy) is 1. The van der Waals surface area contributed by atoms with E-state index in [1.807, 2.05) is 12.1 Å². The molecule has 0 fully saturated rings. The Morgan fingerprint density at radius 2 is 2.05 bits per heavy atom. The molecule has 1 aromatic carbocycles. The van der Waals surface area contributed by atoms with Crippen LogP contribution in [-0.2, 0) is 17.4 Å². The molecule has 0 spiro atoms. The molecule has 0 radical (unpaired) electrons. The van der Waals surface area contributed by atoms with Crippen molar-refractivity contribution in [1.29, 1.82) is 0 Å². The average Bonchev–Trinajstić information content (AvgIpc) is 2.86. The summed E-state index contributed by atoms with van der Waals surface area (Å²) in [6.07, 6.45) is 0. The fourth-order valence-corrected chi connectivity index (χ4v) is 3.43. The van der Waals surface area contributed by atoms with Gasteiger partial charge in [0.2, 0.25) is 0 Å². The molecule has 0 aliphatic heterocycles.